The molecular formula is C8H9N3O. The van der Waals surface area contributed by atoms with Gasteiger partial charge in [-0.25, -0.2) is 4.73 Å². The van der Waals surface area contributed by atoms with E-state index in [0.29, 0.717) is 11.6 Å². The van der Waals surface area contributed by atoms with Crippen molar-refractivity contribution >= 4 is 12.0 Å². The van der Waals surface area contributed by atoms with Crippen molar-refractivity contribution in [3.05, 3.63) is 22.3 Å². The normalized spacial score (nSPS) is 13.5. The van der Waals surface area contributed by atoms with Crippen LogP contribution >= 0.6 is 0 Å². The molecule has 4 heteroatoms. The zero-order valence-electron chi connectivity index (χ0n) is 7.03. The van der Waals surface area contributed by atoms with Gasteiger partial charge in [0.2, 0.25) is 5.82 Å². The molecule has 0 saturated heterocycles. The molecule has 0 saturated carbocycles. The first-order valence-electron chi connectivity index (χ1n) is 3.82. The highest BCUT2D eigenvalue weighted by molar-refractivity contribution is 5.73. The number of aliphatic imine (C=N–C) groups is 1. The fourth-order valence-electron chi connectivity index (χ4n) is 1.39. The van der Waals surface area contributed by atoms with Gasteiger partial charge in [-0.1, -0.05) is 0 Å². The highest BCUT2D eigenvalue weighted by Crippen LogP contribution is 2.21. The third-order valence-corrected chi connectivity index (χ3v) is 2.03. The third kappa shape index (κ3) is 0.809. The number of aromatic nitrogens is 2. The number of hydrogen-bond acceptors (Lipinski definition) is 3. The molecule has 2 rings (SSSR count). The van der Waals surface area contributed by atoms with Gasteiger partial charge in [0.05, 0.1) is 11.8 Å². The molecule has 0 aliphatic carbocycles. The summed E-state index contributed by atoms with van der Waals surface area (Å²) in [5, 5.41) is 11.4. The molecule has 1 aliphatic heterocycles. The maximum Gasteiger partial charge on any atom is 0.269 e. The standard InChI is InChI=1S/C8H9N3O/c1-5-7-3-4-9-8(7)11(12)6(2)10-5/h4H,3H2,1-2H3. The summed E-state index contributed by atoms with van der Waals surface area (Å²) in [6.07, 6.45) is 2.48. The fraction of sp³-hybridized carbons (Fsp3) is 0.375. The monoisotopic (exact) mass is 163 g/mol. The van der Waals surface area contributed by atoms with Gasteiger partial charge in [0, 0.05) is 13.3 Å². The van der Waals surface area contributed by atoms with Gasteiger partial charge in [-0.3, -0.25) is 0 Å². The van der Waals surface area contributed by atoms with E-state index in [4.69, 9.17) is 0 Å². The quantitative estimate of drug-likeness (QED) is 0.415. The minimum absolute atomic E-state index is 0.463. The van der Waals surface area contributed by atoms with E-state index in [2.05, 4.69) is 9.98 Å². The van der Waals surface area contributed by atoms with Crippen LogP contribution in [0, 0.1) is 19.1 Å². The van der Waals surface area contributed by atoms with Crippen molar-refractivity contribution in [3.8, 4) is 0 Å². The maximum atomic E-state index is 11.4. The summed E-state index contributed by atoms with van der Waals surface area (Å²) in [5.74, 6) is 0.977. The van der Waals surface area contributed by atoms with Gasteiger partial charge < -0.3 is 5.21 Å². The summed E-state index contributed by atoms with van der Waals surface area (Å²) in [5.41, 5.74) is 1.86. The molecule has 12 heavy (non-hydrogen) atoms. The number of nitrogens with zero attached hydrogens (tertiary/aromatic N) is 3. The van der Waals surface area contributed by atoms with Crippen molar-refractivity contribution in [2.75, 3.05) is 0 Å². The van der Waals surface area contributed by atoms with Crippen LogP contribution in [-0.4, -0.2) is 11.2 Å². The summed E-state index contributed by atoms with van der Waals surface area (Å²) >= 11 is 0. The van der Waals surface area contributed by atoms with Crippen molar-refractivity contribution in [1.29, 1.82) is 0 Å². The van der Waals surface area contributed by atoms with E-state index in [1.165, 1.54) is 0 Å². The fourth-order valence-corrected chi connectivity index (χ4v) is 1.39. The van der Waals surface area contributed by atoms with Crippen LogP contribution < -0.4 is 4.73 Å². The topological polar surface area (TPSA) is 52.2 Å². The Bertz CT molecular complexity index is 371. The number of rotatable bonds is 0. The molecule has 0 fully saturated rings. The van der Waals surface area contributed by atoms with Crippen LogP contribution in [0.2, 0.25) is 0 Å². The Morgan fingerprint density at radius 3 is 3.00 bits per heavy atom. The van der Waals surface area contributed by atoms with E-state index in [1.807, 2.05) is 6.92 Å². The Morgan fingerprint density at radius 2 is 2.25 bits per heavy atom. The van der Waals surface area contributed by atoms with E-state index >= 15 is 0 Å². The molecule has 1 aromatic rings. The van der Waals surface area contributed by atoms with Crippen LogP contribution in [0.15, 0.2) is 4.99 Å². The Morgan fingerprint density at radius 1 is 1.50 bits per heavy atom. The average Bonchev–Trinajstić information content (AvgIpc) is 2.48. The van der Waals surface area contributed by atoms with Gasteiger partial charge in [0.25, 0.3) is 5.82 Å². The Labute approximate surface area is 70.2 Å². The molecule has 0 aromatic carbocycles. The average molecular weight is 163 g/mol. The maximum absolute atomic E-state index is 11.4. The molecule has 1 aliphatic rings. The molecule has 2 heterocycles. The van der Waals surface area contributed by atoms with Crippen LogP contribution in [0.3, 0.4) is 0 Å². The van der Waals surface area contributed by atoms with E-state index in [1.54, 1.807) is 13.1 Å². The minimum atomic E-state index is 0.463. The van der Waals surface area contributed by atoms with Gasteiger partial charge in [-0.15, -0.1) is 9.98 Å². The van der Waals surface area contributed by atoms with E-state index in [9.17, 15) is 5.21 Å². The van der Waals surface area contributed by atoms with Crippen LogP contribution in [0.4, 0.5) is 5.82 Å². The molecule has 0 spiro atoms. The summed E-state index contributed by atoms with van der Waals surface area (Å²) < 4.78 is 0.784. The van der Waals surface area contributed by atoms with Gasteiger partial charge in [-0.05, 0) is 6.92 Å². The Kier molecular flexibility index (Phi) is 1.36. The lowest BCUT2D eigenvalue weighted by molar-refractivity contribution is -0.602. The van der Waals surface area contributed by atoms with Crippen molar-refractivity contribution in [2.45, 2.75) is 20.3 Å². The van der Waals surface area contributed by atoms with Gasteiger partial charge in [-0.2, -0.15) is 0 Å². The predicted molar refractivity (Wildman–Crippen MR) is 44.5 cm³/mol. The molecule has 0 amide bonds. The first-order valence-corrected chi connectivity index (χ1v) is 3.82. The first-order chi connectivity index (χ1) is 5.70. The summed E-state index contributed by atoms with van der Waals surface area (Å²) in [6.45, 7) is 3.59. The van der Waals surface area contributed by atoms with Crippen LogP contribution in [0.5, 0.6) is 0 Å². The van der Waals surface area contributed by atoms with E-state index in [-0.39, 0.29) is 0 Å². The number of hydrogen-bond donors (Lipinski definition) is 0. The smallest absolute Gasteiger partial charge is 0.269 e. The first kappa shape index (κ1) is 7.21. The van der Waals surface area contributed by atoms with E-state index < -0.39 is 0 Å². The largest absolute Gasteiger partial charge is 0.740 e. The zero-order valence-corrected chi connectivity index (χ0v) is 7.03. The van der Waals surface area contributed by atoms with Crippen LogP contribution in [0.25, 0.3) is 0 Å². The van der Waals surface area contributed by atoms with E-state index in [0.717, 1.165) is 22.4 Å². The van der Waals surface area contributed by atoms with Crippen molar-refractivity contribution < 1.29 is 4.73 Å². The van der Waals surface area contributed by atoms with Crippen LogP contribution in [0.1, 0.15) is 17.1 Å². The summed E-state index contributed by atoms with van der Waals surface area (Å²) in [4.78, 5) is 8.12. The molecule has 62 valence electrons. The summed E-state index contributed by atoms with van der Waals surface area (Å²) in [6, 6.07) is 0. The second-order valence-corrected chi connectivity index (χ2v) is 2.86. The second kappa shape index (κ2) is 2.27. The van der Waals surface area contributed by atoms with Crippen molar-refractivity contribution in [1.82, 2.24) is 4.98 Å². The Hall–Kier alpha value is -1.45. The van der Waals surface area contributed by atoms with Crippen LogP contribution in [-0.2, 0) is 6.42 Å². The number of aryl methyl sites for hydroxylation is 2. The molecular weight excluding hydrogens is 154 g/mol. The van der Waals surface area contributed by atoms with Gasteiger partial charge >= 0.3 is 0 Å². The summed E-state index contributed by atoms with van der Waals surface area (Å²) in [7, 11) is 0. The zero-order chi connectivity index (χ0) is 8.72. The number of fused-ring (bicyclic) bond motifs is 1. The molecule has 0 radical (unpaired) electrons. The minimum Gasteiger partial charge on any atom is -0.740 e. The molecule has 1 aromatic heterocycles. The predicted octanol–water partition coefficient (Wildman–Crippen LogP) is 0.590. The second-order valence-electron chi connectivity index (χ2n) is 2.86. The lowest BCUT2D eigenvalue weighted by Gasteiger charge is -2.09. The highest BCUT2D eigenvalue weighted by atomic mass is 16.5. The lowest BCUT2D eigenvalue weighted by atomic mass is 10.2. The molecule has 0 bridgehead atoms. The van der Waals surface area contributed by atoms with Crippen molar-refractivity contribution in [2.24, 2.45) is 4.99 Å². The SMILES string of the molecule is Cc1nc(C)[n+]([O-])c2c1CC=N2. The third-order valence-electron chi connectivity index (χ3n) is 2.03. The molecule has 0 N–H and O–H groups in total. The molecule has 4 nitrogen and oxygen atoms in total. The lowest BCUT2D eigenvalue weighted by Crippen LogP contribution is -2.32. The van der Waals surface area contributed by atoms with Gasteiger partial charge in [0.1, 0.15) is 5.69 Å². The van der Waals surface area contributed by atoms with Gasteiger partial charge in [0.15, 0.2) is 0 Å². The highest BCUT2D eigenvalue weighted by Gasteiger charge is 2.20. The molecule has 0 atom stereocenters. The molecule has 0 unspecified atom stereocenters. The Balaban J connectivity index is 2.75. The van der Waals surface area contributed by atoms with Crippen molar-refractivity contribution in [3.63, 3.8) is 0 Å².